The van der Waals surface area contributed by atoms with E-state index in [9.17, 15) is 4.79 Å². The second kappa shape index (κ2) is 10.7. The first-order valence-electron chi connectivity index (χ1n) is 12.0. The third-order valence-electron chi connectivity index (χ3n) is 6.37. The van der Waals surface area contributed by atoms with E-state index in [0.29, 0.717) is 32.2 Å². The Morgan fingerprint density at radius 1 is 1.21 bits per heavy atom. The van der Waals surface area contributed by atoms with Gasteiger partial charge in [0, 0.05) is 56.6 Å². The average Bonchev–Trinajstić information content (AvgIpc) is 2.82. The molecule has 2 aliphatic heterocycles. The zero-order valence-electron chi connectivity index (χ0n) is 20.7. The Morgan fingerprint density at radius 2 is 2.00 bits per heavy atom. The Hall–Kier alpha value is -2.75. The molecule has 3 heterocycles. The lowest BCUT2D eigenvalue weighted by atomic mass is 9.98. The average molecular weight is 469 g/mol. The number of benzene rings is 1. The topological polar surface area (TPSA) is 91.9 Å². The van der Waals surface area contributed by atoms with Gasteiger partial charge in [0.25, 0.3) is 0 Å². The molecule has 0 atom stereocenters. The molecule has 2 aromatic rings. The highest BCUT2D eigenvalue weighted by Gasteiger charge is 2.35. The van der Waals surface area contributed by atoms with Crippen LogP contribution in [0.3, 0.4) is 0 Å². The van der Waals surface area contributed by atoms with Crippen LogP contribution in [0.5, 0.6) is 0 Å². The van der Waals surface area contributed by atoms with E-state index in [1.807, 2.05) is 31.2 Å². The predicted molar refractivity (Wildman–Crippen MR) is 133 cm³/mol. The molecule has 0 spiro atoms. The normalized spacial score (nSPS) is 17.8. The zero-order chi connectivity index (χ0) is 24.1. The minimum atomic E-state index is -0.215. The number of morpholine rings is 1. The number of fused-ring (bicyclic) bond motifs is 1. The molecule has 2 aliphatic rings. The summed E-state index contributed by atoms with van der Waals surface area (Å²) in [5, 5.41) is 5.58. The van der Waals surface area contributed by atoms with E-state index in [-0.39, 0.29) is 11.6 Å². The quantitative estimate of drug-likeness (QED) is 0.646. The highest BCUT2D eigenvalue weighted by Crippen LogP contribution is 2.34. The van der Waals surface area contributed by atoms with Crippen molar-refractivity contribution in [3.05, 3.63) is 35.5 Å². The molecule has 0 saturated carbocycles. The second-order valence-corrected chi connectivity index (χ2v) is 9.39. The van der Waals surface area contributed by atoms with Crippen molar-refractivity contribution in [2.24, 2.45) is 0 Å². The van der Waals surface area contributed by atoms with Crippen LogP contribution in [0.25, 0.3) is 11.4 Å². The van der Waals surface area contributed by atoms with Gasteiger partial charge in [0.05, 0.1) is 31.1 Å². The van der Waals surface area contributed by atoms with Crippen molar-refractivity contribution < 1.29 is 14.3 Å². The number of amides is 2. The summed E-state index contributed by atoms with van der Waals surface area (Å²) in [7, 11) is 1.74. The number of urea groups is 1. The van der Waals surface area contributed by atoms with Gasteiger partial charge >= 0.3 is 6.03 Å². The summed E-state index contributed by atoms with van der Waals surface area (Å²) in [5.41, 5.74) is 3.82. The van der Waals surface area contributed by atoms with E-state index in [2.05, 4.69) is 34.3 Å². The minimum absolute atomic E-state index is 0.148. The van der Waals surface area contributed by atoms with Crippen LogP contribution in [-0.4, -0.2) is 79.5 Å². The molecule has 2 amide bonds. The molecule has 184 valence electrons. The number of nitrogens with zero attached hydrogens (tertiary/aromatic N) is 4. The summed E-state index contributed by atoms with van der Waals surface area (Å²) in [4.78, 5) is 26.7. The highest BCUT2D eigenvalue weighted by molar-refractivity contribution is 5.89. The van der Waals surface area contributed by atoms with E-state index in [1.165, 1.54) is 5.56 Å². The zero-order valence-corrected chi connectivity index (χ0v) is 20.7. The van der Waals surface area contributed by atoms with Crippen LogP contribution in [0.1, 0.15) is 32.0 Å². The maximum Gasteiger partial charge on any atom is 0.319 e. The van der Waals surface area contributed by atoms with Gasteiger partial charge in [-0.05, 0) is 51.5 Å². The SMILES string of the molecule is CCNC(=O)Nc1ccc(-c2nc3c(c(N4CCOCC4(C)C)n2)CCN(CCOC)C3)cc1. The van der Waals surface area contributed by atoms with Gasteiger partial charge in [-0.15, -0.1) is 0 Å². The van der Waals surface area contributed by atoms with E-state index in [0.717, 1.165) is 55.4 Å². The van der Waals surface area contributed by atoms with E-state index in [1.54, 1.807) is 7.11 Å². The number of carbonyl (C=O) groups excluding carboxylic acids is 1. The summed E-state index contributed by atoms with van der Waals surface area (Å²) in [5.74, 6) is 1.72. The molecule has 0 unspecified atom stereocenters. The number of ether oxygens (including phenoxy) is 2. The molecule has 1 aromatic carbocycles. The lowest BCUT2D eigenvalue weighted by Crippen LogP contribution is -2.54. The highest BCUT2D eigenvalue weighted by atomic mass is 16.5. The van der Waals surface area contributed by atoms with Crippen LogP contribution in [-0.2, 0) is 22.4 Å². The molecule has 4 rings (SSSR count). The number of aromatic nitrogens is 2. The Labute approximate surface area is 201 Å². The van der Waals surface area contributed by atoms with Gasteiger partial charge in [-0.25, -0.2) is 14.8 Å². The fourth-order valence-electron chi connectivity index (χ4n) is 4.52. The molecular weight excluding hydrogens is 432 g/mol. The second-order valence-electron chi connectivity index (χ2n) is 9.39. The third kappa shape index (κ3) is 5.48. The van der Waals surface area contributed by atoms with Crippen LogP contribution < -0.4 is 15.5 Å². The molecule has 34 heavy (non-hydrogen) atoms. The Balaban J connectivity index is 1.68. The van der Waals surface area contributed by atoms with Crippen LogP contribution >= 0.6 is 0 Å². The molecule has 0 bridgehead atoms. The minimum Gasteiger partial charge on any atom is -0.383 e. The molecule has 2 N–H and O–H groups in total. The van der Waals surface area contributed by atoms with Gasteiger partial charge in [-0.1, -0.05) is 0 Å². The van der Waals surface area contributed by atoms with Crippen LogP contribution in [0.4, 0.5) is 16.3 Å². The van der Waals surface area contributed by atoms with Crippen molar-refractivity contribution in [2.45, 2.75) is 39.3 Å². The molecule has 0 radical (unpaired) electrons. The molecular formula is C25H36N6O3. The first-order chi connectivity index (χ1) is 16.4. The van der Waals surface area contributed by atoms with Crippen molar-refractivity contribution in [3.63, 3.8) is 0 Å². The summed E-state index contributed by atoms with van der Waals surface area (Å²) in [6, 6.07) is 7.48. The Morgan fingerprint density at radius 3 is 2.71 bits per heavy atom. The van der Waals surface area contributed by atoms with Crippen LogP contribution in [0, 0.1) is 0 Å². The number of hydrogen-bond acceptors (Lipinski definition) is 7. The largest absolute Gasteiger partial charge is 0.383 e. The van der Waals surface area contributed by atoms with Crippen molar-refractivity contribution >= 4 is 17.5 Å². The monoisotopic (exact) mass is 468 g/mol. The summed E-state index contributed by atoms with van der Waals surface area (Å²) >= 11 is 0. The number of rotatable bonds is 7. The number of anilines is 2. The number of carbonyl (C=O) groups is 1. The maximum absolute atomic E-state index is 11.8. The smallest absolute Gasteiger partial charge is 0.319 e. The van der Waals surface area contributed by atoms with Crippen molar-refractivity contribution in [2.75, 3.05) is 63.3 Å². The number of hydrogen-bond donors (Lipinski definition) is 2. The Kier molecular flexibility index (Phi) is 7.65. The first kappa shape index (κ1) is 24.4. The number of methoxy groups -OCH3 is 1. The lowest BCUT2D eigenvalue weighted by molar-refractivity contribution is 0.0636. The molecule has 0 aliphatic carbocycles. The summed E-state index contributed by atoms with van der Waals surface area (Å²) in [6.07, 6.45) is 0.914. The van der Waals surface area contributed by atoms with Gasteiger partial charge in [-0.2, -0.15) is 0 Å². The van der Waals surface area contributed by atoms with E-state index < -0.39 is 0 Å². The van der Waals surface area contributed by atoms with Crippen LogP contribution in [0.2, 0.25) is 0 Å². The molecule has 9 heteroatoms. The predicted octanol–water partition coefficient (Wildman–Crippen LogP) is 2.90. The standard InChI is InChI=1S/C25H36N6O3/c1-5-26-24(32)27-19-8-6-18(7-9-19)22-28-21-16-30(12-14-33-4)11-10-20(21)23(29-22)31-13-15-34-17-25(31,2)3/h6-9H,5,10-17H2,1-4H3,(H2,26,27,32). The fraction of sp³-hybridized carbons (Fsp3) is 0.560. The third-order valence-corrected chi connectivity index (χ3v) is 6.37. The van der Waals surface area contributed by atoms with E-state index >= 15 is 0 Å². The molecule has 1 fully saturated rings. The van der Waals surface area contributed by atoms with Gasteiger partial charge in [-0.3, -0.25) is 4.90 Å². The number of nitrogens with one attached hydrogen (secondary N) is 2. The lowest BCUT2D eigenvalue weighted by Gasteiger charge is -2.44. The van der Waals surface area contributed by atoms with Crippen molar-refractivity contribution in [1.29, 1.82) is 0 Å². The molecule has 1 aromatic heterocycles. The van der Waals surface area contributed by atoms with Crippen molar-refractivity contribution in [1.82, 2.24) is 20.2 Å². The summed E-state index contributed by atoms with van der Waals surface area (Å²) in [6.45, 7) is 12.4. The fourth-order valence-corrected chi connectivity index (χ4v) is 4.52. The van der Waals surface area contributed by atoms with Gasteiger partial charge in [0.1, 0.15) is 5.82 Å². The van der Waals surface area contributed by atoms with E-state index in [4.69, 9.17) is 19.4 Å². The maximum atomic E-state index is 11.8. The van der Waals surface area contributed by atoms with Crippen molar-refractivity contribution in [3.8, 4) is 11.4 Å². The Bertz CT molecular complexity index is 995. The molecule has 1 saturated heterocycles. The van der Waals surface area contributed by atoms with Crippen LogP contribution in [0.15, 0.2) is 24.3 Å². The summed E-state index contributed by atoms with van der Waals surface area (Å²) < 4.78 is 11.1. The molecule has 9 nitrogen and oxygen atoms in total. The van der Waals surface area contributed by atoms with Gasteiger partial charge < -0.3 is 25.0 Å². The first-order valence-corrected chi connectivity index (χ1v) is 12.0. The van der Waals surface area contributed by atoms with Gasteiger partial charge in [0.15, 0.2) is 5.82 Å². The van der Waals surface area contributed by atoms with Gasteiger partial charge in [0.2, 0.25) is 0 Å².